The molecule has 2 atom stereocenters. The van der Waals surface area contributed by atoms with Crippen molar-refractivity contribution in [3.8, 4) is 11.5 Å². The van der Waals surface area contributed by atoms with E-state index in [0.717, 1.165) is 49.4 Å². The highest BCUT2D eigenvalue weighted by Gasteiger charge is 2.21. The zero-order valence-corrected chi connectivity index (χ0v) is 13.3. The van der Waals surface area contributed by atoms with Crippen LogP contribution in [-0.2, 0) is 13.0 Å². The van der Waals surface area contributed by atoms with Crippen LogP contribution in [0.2, 0.25) is 0 Å². The van der Waals surface area contributed by atoms with E-state index in [1.807, 2.05) is 0 Å². The molecule has 0 bridgehead atoms. The molecule has 21 heavy (non-hydrogen) atoms. The summed E-state index contributed by atoms with van der Waals surface area (Å²) in [6.45, 7) is 6.16. The fraction of sp³-hybridized carbons (Fsp3) is 0.647. The van der Waals surface area contributed by atoms with E-state index in [2.05, 4.69) is 31.3 Å². The van der Waals surface area contributed by atoms with Crippen molar-refractivity contribution in [2.45, 2.75) is 45.8 Å². The van der Waals surface area contributed by atoms with Crippen LogP contribution < -0.4 is 14.8 Å². The van der Waals surface area contributed by atoms with Gasteiger partial charge in [0.05, 0.1) is 7.11 Å². The topological polar surface area (TPSA) is 50.7 Å². The third-order valence-electron chi connectivity index (χ3n) is 3.98. The second kappa shape index (κ2) is 7.66. The zero-order chi connectivity index (χ0) is 15.2. The van der Waals surface area contributed by atoms with E-state index in [4.69, 9.17) is 14.6 Å². The molecule has 0 amide bonds. The molecule has 1 aromatic rings. The molecule has 0 fully saturated rings. The standard InChI is InChI=1S/C17H27NO3/c1-12(11-19)5-4-6-18-10-15-9-17-14(7-13(2)21-17)8-16(15)20-3/h8-9,12-13,18-19H,4-7,10-11H2,1-3H3. The number of hydrogen-bond donors (Lipinski definition) is 2. The first-order chi connectivity index (χ1) is 10.1. The Hall–Kier alpha value is -1.26. The van der Waals surface area contributed by atoms with Gasteiger partial charge in [-0.05, 0) is 44.4 Å². The Bertz CT molecular complexity index is 462. The van der Waals surface area contributed by atoms with Gasteiger partial charge in [0.2, 0.25) is 0 Å². The highest BCUT2D eigenvalue weighted by molar-refractivity contribution is 5.48. The van der Waals surface area contributed by atoms with Crippen molar-refractivity contribution in [3.63, 3.8) is 0 Å². The molecule has 2 N–H and O–H groups in total. The van der Waals surface area contributed by atoms with Gasteiger partial charge in [-0.1, -0.05) is 6.92 Å². The molecule has 2 unspecified atom stereocenters. The minimum Gasteiger partial charge on any atom is -0.496 e. The van der Waals surface area contributed by atoms with Crippen LogP contribution in [0.4, 0.5) is 0 Å². The van der Waals surface area contributed by atoms with Gasteiger partial charge in [-0.3, -0.25) is 0 Å². The average molecular weight is 293 g/mol. The normalized spacial score (nSPS) is 18.2. The van der Waals surface area contributed by atoms with Gasteiger partial charge in [0.1, 0.15) is 17.6 Å². The summed E-state index contributed by atoms with van der Waals surface area (Å²) in [5.74, 6) is 2.31. The largest absolute Gasteiger partial charge is 0.496 e. The summed E-state index contributed by atoms with van der Waals surface area (Å²) >= 11 is 0. The highest BCUT2D eigenvalue weighted by Crippen LogP contribution is 2.34. The van der Waals surface area contributed by atoms with E-state index in [-0.39, 0.29) is 12.7 Å². The summed E-state index contributed by atoms with van der Waals surface area (Å²) in [7, 11) is 1.72. The molecule has 1 heterocycles. The van der Waals surface area contributed by atoms with E-state index >= 15 is 0 Å². The van der Waals surface area contributed by atoms with Crippen molar-refractivity contribution in [1.29, 1.82) is 0 Å². The minimum absolute atomic E-state index is 0.257. The van der Waals surface area contributed by atoms with Crippen molar-refractivity contribution in [1.82, 2.24) is 5.32 Å². The van der Waals surface area contributed by atoms with Crippen LogP contribution in [0.3, 0.4) is 0 Å². The highest BCUT2D eigenvalue weighted by atomic mass is 16.5. The molecule has 0 saturated heterocycles. The van der Waals surface area contributed by atoms with E-state index in [9.17, 15) is 0 Å². The first kappa shape index (κ1) is 16.1. The molecule has 1 aromatic carbocycles. The van der Waals surface area contributed by atoms with Gasteiger partial charge in [0.25, 0.3) is 0 Å². The van der Waals surface area contributed by atoms with Crippen LogP contribution >= 0.6 is 0 Å². The molecule has 0 aliphatic carbocycles. The Morgan fingerprint density at radius 1 is 1.48 bits per heavy atom. The number of nitrogens with one attached hydrogen (secondary N) is 1. The van der Waals surface area contributed by atoms with Crippen molar-refractivity contribution in [2.24, 2.45) is 5.92 Å². The summed E-state index contributed by atoms with van der Waals surface area (Å²) in [5, 5.41) is 12.4. The van der Waals surface area contributed by atoms with Crippen LogP contribution in [0, 0.1) is 5.92 Å². The Morgan fingerprint density at radius 3 is 3.00 bits per heavy atom. The molecule has 0 aromatic heterocycles. The van der Waals surface area contributed by atoms with Crippen molar-refractivity contribution < 1.29 is 14.6 Å². The molecule has 118 valence electrons. The monoisotopic (exact) mass is 293 g/mol. The molecule has 0 saturated carbocycles. The van der Waals surface area contributed by atoms with Crippen LogP contribution in [-0.4, -0.2) is 31.5 Å². The van der Waals surface area contributed by atoms with Gasteiger partial charge in [0.15, 0.2) is 0 Å². The molecule has 0 spiro atoms. The lowest BCUT2D eigenvalue weighted by molar-refractivity contribution is 0.228. The molecule has 4 heteroatoms. The maximum atomic E-state index is 9.00. The second-order valence-corrected chi connectivity index (χ2v) is 6.01. The predicted octanol–water partition coefficient (Wildman–Crippen LogP) is 2.52. The summed E-state index contributed by atoms with van der Waals surface area (Å²) < 4.78 is 11.3. The number of aliphatic hydroxyl groups excluding tert-OH is 1. The first-order valence-electron chi connectivity index (χ1n) is 7.82. The fourth-order valence-corrected chi connectivity index (χ4v) is 2.70. The smallest absolute Gasteiger partial charge is 0.123 e. The number of methoxy groups -OCH3 is 1. The fourth-order valence-electron chi connectivity index (χ4n) is 2.70. The number of hydrogen-bond acceptors (Lipinski definition) is 4. The van der Waals surface area contributed by atoms with Gasteiger partial charge < -0.3 is 19.9 Å². The van der Waals surface area contributed by atoms with Crippen molar-refractivity contribution in [2.75, 3.05) is 20.3 Å². The van der Waals surface area contributed by atoms with Crippen molar-refractivity contribution >= 4 is 0 Å². The maximum Gasteiger partial charge on any atom is 0.123 e. The van der Waals surface area contributed by atoms with Crippen LogP contribution in [0.15, 0.2) is 12.1 Å². The lowest BCUT2D eigenvalue weighted by Crippen LogP contribution is -2.16. The summed E-state index contributed by atoms with van der Waals surface area (Å²) in [6, 6.07) is 4.20. The SMILES string of the molecule is COc1cc2c(cc1CNCCCC(C)CO)OC(C)C2. The Kier molecular flexibility index (Phi) is 5.88. The Labute approximate surface area is 127 Å². The van der Waals surface area contributed by atoms with Crippen LogP contribution in [0.1, 0.15) is 37.8 Å². The van der Waals surface area contributed by atoms with E-state index in [1.54, 1.807) is 7.11 Å². The lowest BCUT2D eigenvalue weighted by atomic mass is 10.1. The van der Waals surface area contributed by atoms with Gasteiger partial charge in [-0.2, -0.15) is 0 Å². The van der Waals surface area contributed by atoms with E-state index in [0.29, 0.717) is 5.92 Å². The van der Waals surface area contributed by atoms with Gasteiger partial charge >= 0.3 is 0 Å². The Morgan fingerprint density at radius 2 is 2.29 bits per heavy atom. The number of benzene rings is 1. The molecular formula is C17H27NO3. The van der Waals surface area contributed by atoms with Crippen LogP contribution in [0.5, 0.6) is 11.5 Å². The number of rotatable bonds is 8. The van der Waals surface area contributed by atoms with Gasteiger partial charge in [-0.25, -0.2) is 0 Å². The quantitative estimate of drug-likeness (QED) is 0.723. The minimum atomic E-state index is 0.257. The molecule has 0 radical (unpaired) electrons. The molecule has 1 aliphatic heterocycles. The number of ether oxygens (including phenoxy) is 2. The molecule has 4 nitrogen and oxygen atoms in total. The molecule has 1 aliphatic rings. The molecule has 2 rings (SSSR count). The van der Waals surface area contributed by atoms with Crippen molar-refractivity contribution in [3.05, 3.63) is 23.3 Å². The summed E-state index contributed by atoms with van der Waals surface area (Å²) in [6.07, 6.45) is 3.33. The predicted molar refractivity (Wildman–Crippen MR) is 84.0 cm³/mol. The number of aliphatic hydroxyl groups is 1. The summed E-state index contributed by atoms with van der Waals surface area (Å²) in [4.78, 5) is 0. The first-order valence-corrected chi connectivity index (χ1v) is 7.82. The van der Waals surface area contributed by atoms with Gasteiger partial charge in [-0.15, -0.1) is 0 Å². The number of fused-ring (bicyclic) bond motifs is 1. The Balaban J connectivity index is 1.87. The zero-order valence-electron chi connectivity index (χ0n) is 13.3. The van der Waals surface area contributed by atoms with Crippen LogP contribution in [0.25, 0.3) is 0 Å². The molecular weight excluding hydrogens is 266 g/mol. The maximum absolute atomic E-state index is 9.00. The average Bonchev–Trinajstić information content (AvgIpc) is 2.84. The third-order valence-corrected chi connectivity index (χ3v) is 3.98. The lowest BCUT2D eigenvalue weighted by Gasteiger charge is -2.12. The van der Waals surface area contributed by atoms with E-state index in [1.165, 1.54) is 5.56 Å². The second-order valence-electron chi connectivity index (χ2n) is 6.01. The van der Waals surface area contributed by atoms with Gasteiger partial charge in [0, 0.05) is 30.7 Å². The van der Waals surface area contributed by atoms with E-state index < -0.39 is 0 Å². The third kappa shape index (κ3) is 4.35. The summed E-state index contributed by atoms with van der Waals surface area (Å²) in [5.41, 5.74) is 2.38.